The topological polar surface area (TPSA) is 82.8 Å². The lowest BCUT2D eigenvalue weighted by Crippen LogP contribution is -2.30. The number of nitrogens with zero attached hydrogens (tertiary/aromatic N) is 4. The predicted octanol–water partition coefficient (Wildman–Crippen LogP) is 2.07. The minimum absolute atomic E-state index is 0.240. The van der Waals surface area contributed by atoms with E-state index in [1.54, 1.807) is 0 Å². The molecule has 1 aromatic rings. The molecule has 0 bridgehead atoms. The molecule has 0 aromatic heterocycles. The van der Waals surface area contributed by atoms with Crippen LogP contribution in [0.25, 0.3) is 0 Å². The Morgan fingerprint density at radius 3 is 1.65 bits per heavy atom. The highest BCUT2D eigenvalue weighted by molar-refractivity contribution is 7.59. The van der Waals surface area contributed by atoms with E-state index < -0.39 is 19.0 Å². The van der Waals surface area contributed by atoms with E-state index in [2.05, 4.69) is 4.74 Å². The van der Waals surface area contributed by atoms with Crippen molar-refractivity contribution >= 4 is 13.2 Å². The minimum Gasteiger partial charge on any atom is -0.504 e. The molecule has 0 radical (unpaired) electrons. The standard InChI is InChI=1S/C12H23N4O3P/c1-14(2)20(15(3)4,16(5)6)13-9-7-8-10(17)12(19)11(9)18/h7-8,17-19H,1-6H3. The van der Waals surface area contributed by atoms with Crippen LogP contribution in [0.1, 0.15) is 0 Å². The van der Waals surface area contributed by atoms with Crippen molar-refractivity contribution in [3.63, 3.8) is 0 Å². The van der Waals surface area contributed by atoms with E-state index in [-0.39, 0.29) is 11.4 Å². The molecule has 3 N–H and O–H groups in total. The van der Waals surface area contributed by atoms with Crippen LogP contribution in [0.2, 0.25) is 0 Å². The molecule has 0 fully saturated rings. The number of rotatable bonds is 4. The highest BCUT2D eigenvalue weighted by Gasteiger charge is 2.29. The maximum Gasteiger partial charge on any atom is 0.202 e. The fourth-order valence-electron chi connectivity index (χ4n) is 2.13. The summed E-state index contributed by atoms with van der Waals surface area (Å²) in [5.74, 6) is -1.34. The van der Waals surface area contributed by atoms with E-state index in [0.29, 0.717) is 0 Å². The maximum absolute atomic E-state index is 9.95. The molecule has 0 saturated carbocycles. The van der Waals surface area contributed by atoms with Gasteiger partial charge >= 0.3 is 0 Å². The molecule has 20 heavy (non-hydrogen) atoms. The Labute approximate surface area is 119 Å². The van der Waals surface area contributed by atoms with Gasteiger partial charge in [-0.15, -0.1) is 0 Å². The van der Waals surface area contributed by atoms with Crippen molar-refractivity contribution < 1.29 is 15.3 Å². The van der Waals surface area contributed by atoms with Gasteiger partial charge in [-0.2, -0.15) is 0 Å². The second-order valence-electron chi connectivity index (χ2n) is 4.98. The number of phenols is 3. The van der Waals surface area contributed by atoms with Gasteiger partial charge in [-0.25, -0.2) is 4.74 Å². The first-order valence-electron chi connectivity index (χ1n) is 6.04. The molecule has 0 amide bonds. The summed E-state index contributed by atoms with van der Waals surface area (Å²) in [6, 6.07) is 2.79. The van der Waals surface area contributed by atoms with E-state index in [1.807, 2.05) is 56.3 Å². The fraction of sp³-hybridized carbons (Fsp3) is 0.500. The Bertz CT molecular complexity index is 515. The maximum atomic E-state index is 9.95. The Morgan fingerprint density at radius 1 is 0.800 bits per heavy atom. The molecule has 0 saturated heterocycles. The third-order valence-electron chi connectivity index (χ3n) is 2.96. The number of phenolic OH excluding ortho intramolecular Hbond substituents is 3. The van der Waals surface area contributed by atoms with Crippen molar-refractivity contribution in [2.75, 3.05) is 42.3 Å². The largest absolute Gasteiger partial charge is 0.504 e. The van der Waals surface area contributed by atoms with Crippen LogP contribution in [-0.2, 0) is 0 Å². The average molecular weight is 302 g/mol. The van der Waals surface area contributed by atoms with Gasteiger partial charge in [0, 0.05) is 0 Å². The number of hydrogen-bond acceptors (Lipinski definition) is 4. The zero-order chi connectivity index (χ0) is 15.7. The molecule has 7 nitrogen and oxygen atoms in total. The third-order valence-corrected chi connectivity index (χ3v) is 6.66. The van der Waals surface area contributed by atoms with E-state index in [0.717, 1.165) is 0 Å². The van der Waals surface area contributed by atoms with Crippen LogP contribution in [0.5, 0.6) is 17.2 Å². The zero-order valence-corrected chi connectivity index (χ0v) is 13.6. The predicted molar refractivity (Wildman–Crippen MR) is 81.5 cm³/mol. The molecule has 0 spiro atoms. The van der Waals surface area contributed by atoms with E-state index in [4.69, 9.17) is 0 Å². The van der Waals surface area contributed by atoms with Crippen molar-refractivity contribution in [1.29, 1.82) is 0 Å². The molecular formula is C12H23N4O3P. The normalized spacial score (nSPS) is 12.4. The number of aromatic hydroxyl groups is 3. The van der Waals surface area contributed by atoms with Gasteiger partial charge in [0.1, 0.15) is 5.69 Å². The first-order chi connectivity index (χ1) is 9.14. The summed E-state index contributed by atoms with van der Waals surface area (Å²) in [7, 11) is 9.24. The van der Waals surface area contributed by atoms with Crippen LogP contribution in [0.15, 0.2) is 16.9 Å². The molecule has 0 heterocycles. The van der Waals surface area contributed by atoms with Gasteiger partial charge in [-0.05, 0) is 54.4 Å². The van der Waals surface area contributed by atoms with Crippen molar-refractivity contribution in [1.82, 2.24) is 14.0 Å². The van der Waals surface area contributed by atoms with Crippen LogP contribution >= 0.6 is 7.51 Å². The summed E-state index contributed by atoms with van der Waals surface area (Å²) in [6.45, 7) is 0. The van der Waals surface area contributed by atoms with Crippen molar-refractivity contribution in [3.8, 4) is 17.2 Å². The third kappa shape index (κ3) is 2.76. The van der Waals surface area contributed by atoms with Crippen LogP contribution < -0.4 is 0 Å². The van der Waals surface area contributed by atoms with Gasteiger partial charge in [0.15, 0.2) is 19.0 Å². The second kappa shape index (κ2) is 6.01. The summed E-state index contributed by atoms with van der Waals surface area (Å²) in [5.41, 5.74) is 0.240. The monoisotopic (exact) mass is 302 g/mol. The summed E-state index contributed by atoms with van der Waals surface area (Å²) in [6.07, 6.45) is 0. The van der Waals surface area contributed by atoms with Crippen molar-refractivity contribution in [3.05, 3.63) is 12.1 Å². The van der Waals surface area contributed by atoms with Gasteiger partial charge in [0.2, 0.25) is 5.75 Å². The molecule has 1 aromatic carbocycles. The molecule has 0 aliphatic heterocycles. The Morgan fingerprint density at radius 2 is 1.25 bits per heavy atom. The quantitative estimate of drug-likeness (QED) is 0.583. The molecule has 1 rings (SSSR count). The van der Waals surface area contributed by atoms with E-state index in [1.165, 1.54) is 12.1 Å². The molecular weight excluding hydrogens is 279 g/mol. The van der Waals surface area contributed by atoms with Crippen LogP contribution in [0, 0.1) is 0 Å². The first kappa shape index (κ1) is 16.8. The summed E-state index contributed by atoms with van der Waals surface area (Å²) < 4.78 is 10.6. The lowest BCUT2D eigenvalue weighted by molar-refractivity contribution is 0.368. The summed E-state index contributed by atoms with van der Waals surface area (Å²) >= 11 is 0. The Kier molecular flexibility index (Phi) is 5.05. The van der Waals surface area contributed by atoms with Crippen LogP contribution in [-0.4, -0.2) is 71.6 Å². The second-order valence-corrected chi connectivity index (χ2v) is 8.65. The molecule has 0 aliphatic rings. The van der Waals surface area contributed by atoms with E-state index >= 15 is 0 Å². The Balaban J connectivity index is 3.61. The van der Waals surface area contributed by atoms with Gasteiger partial charge in [-0.1, -0.05) is 0 Å². The van der Waals surface area contributed by atoms with Gasteiger partial charge < -0.3 is 15.3 Å². The smallest absolute Gasteiger partial charge is 0.202 e. The van der Waals surface area contributed by atoms with Crippen LogP contribution in [0.3, 0.4) is 0 Å². The molecule has 114 valence electrons. The molecule has 0 unspecified atom stereocenters. The minimum atomic E-state index is -2.22. The Hall–Kier alpha value is -1.27. The molecule has 0 atom stereocenters. The number of benzene rings is 1. The summed E-state index contributed by atoms with van der Waals surface area (Å²) in [5, 5.41) is 28.9. The van der Waals surface area contributed by atoms with Crippen molar-refractivity contribution in [2.24, 2.45) is 4.74 Å². The highest BCUT2D eigenvalue weighted by Crippen LogP contribution is 2.58. The first-order valence-corrected chi connectivity index (χ1v) is 7.64. The fourth-order valence-corrected chi connectivity index (χ4v) is 5.26. The SMILES string of the molecule is CN(C)P(=Nc1ccc(O)c(O)c1O)(N(C)C)N(C)C. The zero-order valence-electron chi connectivity index (χ0n) is 12.7. The van der Waals surface area contributed by atoms with Gasteiger partial charge in [0.05, 0.1) is 0 Å². The average Bonchev–Trinajstić information content (AvgIpc) is 2.34. The lowest BCUT2D eigenvalue weighted by Gasteiger charge is -2.41. The molecule has 0 aliphatic carbocycles. The van der Waals surface area contributed by atoms with E-state index in [9.17, 15) is 15.3 Å². The van der Waals surface area contributed by atoms with Crippen LogP contribution in [0.4, 0.5) is 5.69 Å². The summed E-state index contributed by atoms with van der Waals surface area (Å²) in [4.78, 5) is 0. The lowest BCUT2D eigenvalue weighted by atomic mass is 10.2. The van der Waals surface area contributed by atoms with Gasteiger partial charge in [-0.3, -0.25) is 14.0 Å². The number of hydrogen-bond donors (Lipinski definition) is 3. The highest BCUT2D eigenvalue weighted by atomic mass is 31.2. The van der Waals surface area contributed by atoms with Gasteiger partial charge in [0.25, 0.3) is 0 Å². The van der Waals surface area contributed by atoms with Crippen molar-refractivity contribution in [2.45, 2.75) is 0 Å². The molecule has 8 heteroatoms.